The number of fused-ring (bicyclic) bond motifs is 4. The van der Waals surface area contributed by atoms with Crippen molar-refractivity contribution in [3.8, 4) is 0 Å². The molecule has 0 radical (unpaired) electrons. The molecule has 2 aromatic rings. The van der Waals surface area contributed by atoms with E-state index in [1.807, 2.05) is 18.5 Å². The highest BCUT2D eigenvalue weighted by atomic mass is 16.6. The van der Waals surface area contributed by atoms with Crippen molar-refractivity contribution in [3.63, 3.8) is 0 Å². The van der Waals surface area contributed by atoms with Crippen LogP contribution in [0.15, 0.2) is 59.6 Å². The molecule has 1 unspecified atom stereocenters. The van der Waals surface area contributed by atoms with Crippen LogP contribution in [-0.2, 0) is 19.1 Å². The average Bonchev–Trinajstić information content (AvgIpc) is 3.04. The van der Waals surface area contributed by atoms with Gasteiger partial charge < -0.3 is 9.47 Å². The second-order valence-corrected chi connectivity index (χ2v) is 11.0. The number of pyridine rings is 1. The summed E-state index contributed by atoms with van der Waals surface area (Å²) < 4.78 is 12.8. The fraction of sp³-hybridized carbons (Fsp3) is 0.483. The largest absolute Gasteiger partial charge is 0.489 e. The molecule has 1 aromatic heterocycles. The maximum Gasteiger partial charge on any atom is 0.303 e. The number of esters is 1. The van der Waals surface area contributed by atoms with Gasteiger partial charge in [-0.2, -0.15) is 0 Å². The Hall–Kier alpha value is -2.95. The molecule has 1 aliphatic heterocycles. The molecule has 0 amide bonds. The van der Waals surface area contributed by atoms with Gasteiger partial charge in [0, 0.05) is 49.4 Å². The van der Waals surface area contributed by atoms with Gasteiger partial charge in [-0.05, 0) is 66.7 Å². The van der Waals surface area contributed by atoms with Gasteiger partial charge in [0.05, 0.1) is 5.57 Å². The number of hydrogen-bond donors (Lipinski definition) is 0. The van der Waals surface area contributed by atoms with Gasteiger partial charge in [-0.15, -0.1) is 0 Å². The summed E-state index contributed by atoms with van der Waals surface area (Å²) in [7, 11) is 0. The molecule has 5 atom stereocenters. The normalized spacial score (nSPS) is 34.6. The van der Waals surface area contributed by atoms with Crippen LogP contribution in [0.3, 0.4) is 0 Å². The van der Waals surface area contributed by atoms with Gasteiger partial charge in [-0.1, -0.05) is 25.1 Å². The topological polar surface area (TPSA) is 65.5 Å². The highest BCUT2D eigenvalue weighted by Gasteiger charge is 2.64. The Morgan fingerprint density at radius 2 is 2.00 bits per heavy atom. The zero-order valence-electron chi connectivity index (χ0n) is 20.1. The first-order valence-electron chi connectivity index (χ1n) is 12.5. The van der Waals surface area contributed by atoms with E-state index in [-0.39, 0.29) is 35.1 Å². The van der Waals surface area contributed by atoms with Crippen molar-refractivity contribution in [3.05, 3.63) is 65.2 Å². The monoisotopic (exact) mass is 457 g/mol. The summed E-state index contributed by atoms with van der Waals surface area (Å²) in [4.78, 5) is 29.1. The third-order valence-corrected chi connectivity index (χ3v) is 8.81. The minimum Gasteiger partial charge on any atom is -0.489 e. The van der Waals surface area contributed by atoms with Crippen LogP contribution >= 0.6 is 0 Å². The SMILES string of the molecule is CC(=O)OC1(C)C[C@H]2[C@@H]3OC4=C(C=C3CC[C@]2(C)[C@H]1c1ccc2cnccc2c1)C(=O)CCC4. The Morgan fingerprint density at radius 3 is 2.82 bits per heavy atom. The maximum atomic E-state index is 12.5. The standard InChI is InChI=1S/C29H31NO4/c1-17(31)34-29(3)15-23-26-19(14-22-24(32)5-4-6-25(22)33-26)9-11-28(23,2)27(29)20-7-8-21-16-30-12-10-18(21)13-20/h7-8,10,12-14,16,23,26-27H,4-6,9,11,15H2,1-3H3/t23-,26+,27+,28-,29?/m0/s1. The van der Waals surface area contributed by atoms with E-state index in [1.54, 1.807) is 0 Å². The highest BCUT2D eigenvalue weighted by molar-refractivity contribution is 5.99. The number of carbonyl (C=O) groups is 2. The third-order valence-electron chi connectivity index (χ3n) is 8.81. The molecule has 34 heavy (non-hydrogen) atoms. The molecule has 2 fully saturated rings. The van der Waals surface area contributed by atoms with E-state index in [0.717, 1.165) is 54.2 Å². The van der Waals surface area contributed by atoms with Gasteiger partial charge in [0.2, 0.25) is 0 Å². The van der Waals surface area contributed by atoms with E-state index in [9.17, 15) is 9.59 Å². The quantitative estimate of drug-likeness (QED) is 0.534. The summed E-state index contributed by atoms with van der Waals surface area (Å²) >= 11 is 0. The van der Waals surface area contributed by atoms with E-state index < -0.39 is 5.60 Å². The minimum absolute atomic E-state index is 0.0416. The van der Waals surface area contributed by atoms with E-state index in [1.165, 1.54) is 18.1 Å². The molecule has 1 aromatic carbocycles. The van der Waals surface area contributed by atoms with Crippen molar-refractivity contribution in [2.45, 2.75) is 76.9 Å². The number of nitrogens with zero attached hydrogens (tertiary/aromatic N) is 1. The Kier molecular flexibility index (Phi) is 4.78. The Morgan fingerprint density at radius 1 is 1.15 bits per heavy atom. The smallest absolute Gasteiger partial charge is 0.303 e. The molecule has 5 heteroatoms. The number of carbonyl (C=O) groups excluding carboxylic acids is 2. The summed E-state index contributed by atoms with van der Waals surface area (Å²) in [5.41, 5.74) is 2.47. The van der Waals surface area contributed by atoms with Crippen LogP contribution < -0.4 is 0 Å². The van der Waals surface area contributed by atoms with Gasteiger partial charge in [-0.3, -0.25) is 14.6 Å². The van der Waals surface area contributed by atoms with Gasteiger partial charge in [0.25, 0.3) is 0 Å². The Labute approximate surface area is 200 Å². The van der Waals surface area contributed by atoms with Crippen LogP contribution in [0.4, 0.5) is 0 Å². The highest BCUT2D eigenvalue weighted by Crippen LogP contribution is 2.66. The van der Waals surface area contributed by atoms with Gasteiger partial charge in [0.15, 0.2) is 5.78 Å². The van der Waals surface area contributed by atoms with Crippen LogP contribution in [0, 0.1) is 11.3 Å². The Bertz CT molecular complexity index is 1280. The number of ether oxygens (including phenoxy) is 2. The predicted molar refractivity (Wildman–Crippen MR) is 129 cm³/mol. The number of benzene rings is 1. The second kappa shape index (κ2) is 7.53. The number of ketones is 1. The van der Waals surface area contributed by atoms with Crippen LogP contribution in [0.2, 0.25) is 0 Å². The molecule has 176 valence electrons. The van der Waals surface area contributed by atoms with Crippen molar-refractivity contribution >= 4 is 22.5 Å². The van der Waals surface area contributed by atoms with Crippen molar-refractivity contribution in [1.82, 2.24) is 4.98 Å². The molecule has 2 heterocycles. The fourth-order valence-corrected chi connectivity index (χ4v) is 7.51. The zero-order valence-corrected chi connectivity index (χ0v) is 20.1. The first-order chi connectivity index (χ1) is 16.3. The number of Topliss-reactive ketones (excluding diaryl/α,β-unsaturated/α-hetero) is 1. The summed E-state index contributed by atoms with van der Waals surface area (Å²) in [6.45, 7) is 5.95. The lowest BCUT2D eigenvalue weighted by atomic mass is 9.60. The molecule has 0 spiro atoms. The number of hydrogen-bond acceptors (Lipinski definition) is 5. The average molecular weight is 458 g/mol. The van der Waals surface area contributed by atoms with Gasteiger partial charge in [-0.25, -0.2) is 0 Å². The Balaban J connectivity index is 1.44. The summed E-state index contributed by atoms with van der Waals surface area (Å²) in [6.07, 6.45) is 10.7. The lowest BCUT2D eigenvalue weighted by Gasteiger charge is -2.48. The molecular weight excluding hydrogens is 426 g/mol. The van der Waals surface area contributed by atoms with Crippen LogP contribution in [-0.4, -0.2) is 28.4 Å². The lowest BCUT2D eigenvalue weighted by Crippen LogP contribution is -2.44. The lowest BCUT2D eigenvalue weighted by molar-refractivity contribution is -0.157. The van der Waals surface area contributed by atoms with Gasteiger partial charge in [0.1, 0.15) is 17.5 Å². The van der Waals surface area contributed by atoms with Crippen LogP contribution in [0.25, 0.3) is 10.8 Å². The molecule has 0 saturated heterocycles. The number of aromatic nitrogens is 1. The first-order valence-corrected chi connectivity index (χ1v) is 12.5. The molecule has 4 aliphatic rings. The number of rotatable bonds is 2. The molecule has 0 N–H and O–H groups in total. The van der Waals surface area contributed by atoms with E-state index in [0.29, 0.717) is 6.42 Å². The number of allylic oxidation sites excluding steroid dienone is 3. The zero-order chi connectivity index (χ0) is 23.7. The van der Waals surface area contributed by atoms with Crippen molar-refractivity contribution in [2.24, 2.45) is 11.3 Å². The summed E-state index contributed by atoms with van der Waals surface area (Å²) in [5.74, 6) is 1.06. The first kappa shape index (κ1) is 21.6. The minimum atomic E-state index is -0.637. The predicted octanol–water partition coefficient (Wildman–Crippen LogP) is 5.79. The third kappa shape index (κ3) is 3.16. The maximum absolute atomic E-state index is 12.5. The van der Waals surface area contributed by atoms with Crippen molar-refractivity contribution < 1.29 is 19.1 Å². The van der Waals surface area contributed by atoms with E-state index in [4.69, 9.17) is 9.47 Å². The summed E-state index contributed by atoms with van der Waals surface area (Å²) in [6, 6.07) is 8.58. The molecule has 3 aliphatic carbocycles. The van der Waals surface area contributed by atoms with Crippen molar-refractivity contribution in [2.75, 3.05) is 0 Å². The van der Waals surface area contributed by atoms with E-state index >= 15 is 0 Å². The molecule has 6 rings (SSSR count). The van der Waals surface area contributed by atoms with E-state index in [2.05, 4.69) is 43.1 Å². The van der Waals surface area contributed by atoms with Crippen molar-refractivity contribution in [1.29, 1.82) is 0 Å². The molecule has 2 saturated carbocycles. The van der Waals surface area contributed by atoms with Crippen LogP contribution in [0.1, 0.15) is 70.8 Å². The molecule has 5 nitrogen and oxygen atoms in total. The van der Waals surface area contributed by atoms with Crippen LogP contribution in [0.5, 0.6) is 0 Å². The summed E-state index contributed by atoms with van der Waals surface area (Å²) in [5, 5.41) is 2.25. The molecular formula is C29H31NO4. The van der Waals surface area contributed by atoms with Gasteiger partial charge >= 0.3 is 5.97 Å². The fourth-order valence-electron chi connectivity index (χ4n) is 7.51. The second-order valence-electron chi connectivity index (χ2n) is 11.0. The molecule has 0 bridgehead atoms.